The van der Waals surface area contributed by atoms with Crippen LogP contribution in [-0.2, 0) is 42.9 Å². The van der Waals surface area contributed by atoms with E-state index >= 15 is 0 Å². The molecule has 1 aliphatic rings. The van der Waals surface area contributed by atoms with Gasteiger partial charge in [-0.15, -0.1) is 11.5 Å². The summed E-state index contributed by atoms with van der Waals surface area (Å²) in [6, 6.07) is 7.79. The number of aliphatic hydroxyl groups is 1. The third-order valence-electron chi connectivity index (χ3n) is 7.48. The van der Waals surface area contributed by atoms with Crippen molar-refractivity contribution < 1.29 is 52.7 Å². The van der Waals surface area contributed by atoms with Gasteiger partial charge in [0.05, 0.1) is 19.6 Å². The Kier molecular flexibility index (Phi) is 11.7. The van der Waals surface area contributed by atoms with Gasteiger partial charge >= 0.3 is 29.9 Å². The molecule has 1 aromatic heterocycles. The Morgan fingerprint density at radius 3 is 2.00 bits per heavy atom. The van der Waals surface area contributed by atoms with Gasteiger partial charge in [-0.2, -0.15) is 0 Å². The Hall–Kier alpha value is -4.19. The van der Waals surface area contributed by atoms with E-state index in [9.17, 15) is 24.3 Å². The molecule has 13 nitrogen and oxygen atoms in total. The number of rotatable bonds is 11. The summed E-state index contributed by atoms with van der Waals surface area (Å²) in [6.45, 7) is 16.1. The van der Waals surface area contributed by atoms with Crippen molar-refractivity contribution in [1.82, 2.24) is 9.78 Å². The van der Waals surface area contributed by atoms with Gasteiger partial charge in [-0.25, -0.2) is 0 Å². The normalized spacial score (nSPS) is 23.3. The van der Waals surface area contributed by atoms with Crippen LogP contribution in [-0.4, -0.2) is 83.8 Å². The topological polar surface area (TPSA) is 162 Å². The van der Waals surface area contributed by atoms with Crippen LogP contribution in [0, 0.1) is 19.3 Å². The molecule has 14 heteroatoms. The molecule has 1 aliphatic heterocycles. The molecule has 0 spiro atoms. The minimum Gasteiger partial charge on any atom is -0.463 e. The Labute approximate surface area is 275 Å². The lowest BCUT2D eigenvalue weighted by atomic mass is 9.92. The molecule has 1 fully saturated rings. The molecule has 6 atom stereocenters. The highest BCUT2D eigenvalue weighted by molar-refractivity contribution is 6.88. The van der Waals surface area contributed by atoms with Crippen LogP contribution in [0.5, 0.6) is 5.88 Å². The van der Waals surface area contributed by atoms with Crippen LogP contribution in [0.1, 0.15) is 70.3 Å². The van der Waals surface area contributed by atoms with Gasteiger partial charge in [0.25, 0.3) is 0 Å². The smallest absolute Gasteiger partial charge is 0.369 e. The molecule has 3 rings (SSSR count). The van der Waals surface area contributed by atoms with Crippen LogP contribution in [0.4, 0.5) is 0 Å². The SMILES string of the molecule is C#CC(c1ccc([Si](C)(C)C)cc1)c1c(O[C@@]2(O)O[C@H](COC(C)=O)[C@@H](OC(C)=O)[C@H](OC(C)=O)[C@H]2OC(C)=O)nn(C(C)C)c1C. The number of carbonyl (C=O) groups is 4. The van der Waals surface area contributed by atoms with Crippen molar-refractivity contribution in [3.63, 3.8) is 0 Å². The zero-order chi connectivity index (χ0) is 35.4. The molecule has 0 amide bonds. The lowest BCUT2D eigenvalue weighted by molar-refractivity contribution is -0.422. The second kappa shape index (κ2) is 14.7. The molecular formula is C33H44N2O11Si. The summed E-state index contributed by atoms with van der Waals surface area (Å²) in [5.74, 6) is -4.29. The number of nitrogens with zero attached hydrogens (tertiary/aromatic N) is 2. The van der Waals surface area contributed by atoms with Gasteiger partial charge in [0.1, 0.15) is 12.7 Å². The number of terminal acetylenes is 1. The van der Waals surface area contributed by atoms with Crippen molar-refractivity contribution in [3.05, 3.63) is 41.1 Å². The number of ether oxygens (including phenoxy) is 6. The highest BCUT2D eigenvalue weighted by atomic mass is 28.3. The maximum absolute atomic E-state index is 12.4. The predicted octanol–water partition coefficient (Wildman–Crippen LogP) is 2.86. The first-order chi connectivity index (χ1) is 21.8. The zero-order valence-electron chi connectivity index (χ0n) is 28.5. The average molecular weight is 673 g/mol. The number of esters is 4. The van der Waals surface area contributed by atoms with Gasteiger partial charge in [-0.3, -0.25) is 23.9 Å². The van der Waals surface area contributed by atoms with Gasteiger partial charge in [0, 0.05) is 39.4 Å². The van der Waals surface area contributed by atoms with E-state index in [1.54, 1.807) is 11.6 Å². The van der Waals surface area contributed by atoms with Crippen LogP contribution >= 0.6 is 0 Å². The first kappa shape index (κ1) is 37.3. The number of aromatic nitrogens is 2. The fourth-order valence-corrected chi connectivity index (χ4v) is 6.57. The third-order valence-corrected chi connectivity index (χ3v) is 9.54. The monoisotopic (exact) mass is 672 g/mol. The number of carbonyl (C=O) groups excluding carboxylic acids is 4. The summed E-state index contributed by atoms with van der Waals surface area (Å²) in [6.07, 6.45) is -0.425. The molecule has 1 saturated heterocycles. The average Bonchev–Trinajstić information content (AvgIpc) is 3.26. The largest absolute Gasteiger partial charge is 0.463 e. The van der Waals surface area contributed by atoms with Crippen LogP contribution in [0.3, 0.4) is 0 Å². The molecule has 2 heterocycles. The van der Waals surface area contributed by atoms with E-state index in [1.807, 2.05) is 38.1 Å². The summed E-state index contributed by atoms with van der Waals surface area (Å²) in [5, 5.41) is 18.0. The second-order valence-corrected chi connectivity index (χ2v) is 17.8. The first-order valence-electron chi connectivity index (χ1n) is 15.2. The minimum absolute atomic E-state index is 0.160. The summed E-state index contributed by atoms with van der Waals surface area (Å²) >= 11 is 0. The van der Waals surface area contributed by atoms with Crippen molar-refractivity contribution in [2.75, 3.05) is 6.61 Å². The van der Waals surface area contributed by atoms with Crippen LogP contribution in [0.15, 0.2) is 24.3 Å². The highest BCUT2D eigenvalue weighted by Gasteiger charge is 2.62. The van der Waals surface area contributed by atoms with Crippen molar-refractivity contribution in [2.45, 2.75) is 110 Å². The van der Waals surface area contributed by atoms with Crippen molar-refractivity contribution in [3.8, 4) is 18.2 Å². The Balaban J connectivity index is 2.23. The van der Waals surface area contributed by atoms with Crippen LogP contribution in [0.25, 0.3) is 0 Å². The molecule has 0 saturated carbocycles. The number of benzene rings is 1. The Bertz CT molecular complexity index is 1520. The number of hydrogen-bond acceptors (Lipinski definition) is 12. The molecule has 0 aliphatic carbocycles. The quantitative estimate of drug-likeness (QED) is 0.122. The minimum atomic E-state index is -2.93. The molecule has 256 valence electrons. The lowest BCUT2D eigenvalue weighted by Crippen LogP contribution is -2.70. The fraction of sp³-hybridized carbons (Fsp3) is 0.545. The maximum Gasteiger partial charge on any atom is 0.369 e. The molecule has 1 unspecified atom stereocenters. The lowest BCUT2D eigenvalue weighted by Gasteiger charge is -2.47. The van der Waals surface area contributed by atoms with E-state index in [0.29, 0.717) is 11.3 Å². The van der Waals surface area contributed by atoms with Gasteiger partial charge in [-0.1, -0.05) is 55.0 Å². The molecule has 47 heavy (non-hydrogen) atoms. The molecule has 1 N–H and O–H groups in total. The van der Waals surface area contributed by atoms with E-state index in [0.717, 1.165) is 33.3 Å². The summed E-state index contributed by atoms with van der Waals surface area (Å²) < 4.78 is 35.1. The summed E-state index contributed by atoms with van der Waals surface area (Å²) in [5.41, 5.74) is 1.81. The van der Waals surface area contributed by atoms with Crippen molar-refractivity contribution >= 4 is 37.1 Å². The Morgan fingerprint density at radius 1 is 0.979 bits per heavy atom. The maximum atomic E-state index is 12.4. The second-order valence-electron chi connectivity index (χ2n) is 12.7. The first-order valence-corrected chi connectivity index (χ1v) is 18.7. The van der Waals surface area contributed by atoms with Crippen LogP contribution in [0.2, 0.25) is 19.6 Å². The van der Waals surface area contributed by atoms with Gasteiger partial charge in [-0.05, 0) is 26.3 Å². The van der Waals surface area contributed by atoms with Gasteiger partial charge < -0.3 is 33.5 Å². The molecule has 2 aromatic rings. The van der Waals surface area contributed by atoms with Crippen LogP contribution < -0.4 is 9.92 Å². The van der Waals surface area contributed by atoms with E-state index in [4.69, 9.17) is 34.8 Å². The standard InChI is InChI=1S/C33H44N2O11Si/c1-12-26(24-13-15-25(16-14-24)47(9,10)11)28-19(4)35(18(2)3)34-32(28)46-33(40)31(44-23(8)39)30(43-22(7)38)29(42-21(6)37)27(45-33)17-41-20(5)36/h1,13-16,18,26-27,29-31,40H,17H2,2-11H3/t26?,27-,29-,30+,31-,33+/m1/s1. The van der Waals surface area contributed by atoms with E-state index in [1.165, 1.54) is 5.19 Å². The number of hydrogen-bond donors (Lipinski definition) is 1. The van der Waals surface area contributed by atoms with E-state index in [2.05, 4.69) is 30.7 Å². The summed E-state index contributed by atoms with van der Waals surface area (Å²) in [7, 11) is -1.61. The van der Waals surface area contributed by atoms with Crippen molar-refractivity contribution in [1.29, 1.82) is 0 Å². The highest BCUT2D eigenvalue weighted by Crippen LogP contribution is 2.41. The van der Waals surface area contributed by atoms with E-state index in [-0.39, 0.29) is 11.9 Å². The zero-order valence-corrected chi connectivity index (χ0v) is 29.5. The fourth-order valence-electron chi connectivity index (χ4n) is 5.40. The third kappa shape index (κ3) is 8.79. The molecular weight excluding hydrogens is 628 g/mol. The van der Waals surface area contributed by atoms with E-state index < -0.39 is 74.9 Å². The predicted molar refractivity (Wildman–Crippen MR) is 171 cm³/mol. The van der Waals surface area contributed by atoms with Gasteiger partial charge in [0.15, 0.2) is 12.2 Å². The Morgan fingerprint density at radius 2 is 1.53 bits per heavy atom. The van der Waals surface area contributed by atoms with Gasteiger partial charge in [0.2, 0.25) is 12.0 Å². The molecule has 0 radical (unpaired) electrons. The van der Waals surface area contributed by atoms with Crippen molar-refractivity contribution in [2.24, 2.45) is 0 Å². The summed E-state index contributed by atoms with van der Waals surface area (Å²) in [4.78, 5) is 48.5. The molecule has 1 aromatic carbocycles. The molecule has 0 bridgehead atoms.